The van der Waals surface area contributed by atoms with Gasteiger partial charge in [0.25, 0.3) is 0 Å². The van der Waals surface area contributed by atoms with E-state index in [0.29, 0.717) is 11.3 Å². The van der Waals surface area contributed by atoms with Gasteiger partial charge in [-0.15, -0.1) is 0 Å². The van der Waals surface area contributed by atoms with Gasteiger partial charge in [-0.2, -0.15) is 0 Å². The Hall–Kier alpha value is -3.16. The zero-order valence-electron chi connectivity index (χ0n) is 20.4. The van der Waals surface area contributed by atoms with Crippen molar-refractivity contribution >= 4 is 11.8 Å². The Balaban J connectivity index is 1.54. The molecule has 7 heteroatoms. The Kier molecular flexibility index (Phi) is 7.39. The third-order valence-corrected chi connectivity index (χ3v) is 7.65. The molecule has 36 heavy (non-hydrogen) atoms. The Bertz CT molecular complexity index is 1110. The van der Waals surface area contributed by atoms with Crippen LogP contribution in [-0.4, -0.2) is 64.4 Å². The number of amides is 2. The first-order chi connectivity index (χ1) is 17.6. The summed E-state index contributed by atoms with van der Waals surface area (Å²) in [4.78, 5) is 28.9. The maximum Gasteiger partial charge on any atom is 0.247 e. The molecule has 0 spiro atoms. The molecule has 2 aliphatic carbocycles. The predicted molar refractivity (Wildman–Crippen MR) is 135 cm³/mol. The second-order valence-electron chi connectivity index (χ2n) is 9.94. The number of nitrogens with one attached hydrogen (secondary N) is 1. The van der Waals surface area contributed by atoms with Crippen LogP contribution in [0.2, 0.25) is 0 Å². The second-order valence-corrected chi connectivity index (χ2v) is 9.94. The van der Waals surface area contributed by atoms with Crippen molar-refractivity contribution < 1.29 is 24.5 Å². The van der Waals surface area contributed by atoms with E-state index in [-0.39, 0.29) is 37.4 Å². The second kappa shape index (κ2) is 10.8. The molecule has 1 fully saturated rings. The van der Waals surface area contributed by atoms with Crippen LogP contribution in [0.5, 0.6) is 5.75 Å². The highest BCUT2D eigenvalue weighted by atomic mass is 16.5. The highest BCUT2D eigenvalue weighted by Gasteiger charge is 2.51. The van der Waals surface area contributed by atoms with Gasteiger partial charge >= 0.3 is 0 Å². The summed E-state index contributed by atoms with van der Waals surface area (Å²) in [7, 11) is 0. The van der Waals surface area contributed by atoms with Crippen molar-refractivity contribution in [1.29, 1.82) is 0 Å². The molecular formula is C29H34N2O5. The number of para-hydroxylation sites is 1. The van der Waals surface area contributed by atoms with Gasteiger partial charge < -0.3 is 25.2 Å². The molecule has 2 aromatic carbocycles. The average Bonchev–Trinajstić information content (AvgIpc) is 3.30. The first kappa shape index (κ1) is 24.5. The monoisotopic (exact) mass is 490 g/mol. The van der Waals surface area contributed by atoms with Crippen LogP contribution in [0.4, 0.5) is 0 Å². The molecule has 3 N–H and O–H groups in total. The molecule has 2 aromatic rings. The number of rotatable bonds is 7. The normalized spacial score (nSPS) is 25.2. The molecule has 4 unspecified atom stereocenters. The summed E-state index contributed by atoms with van der Waals surface area (Å²) in [6.07, 6.45) is 5.29. The van der Waals surface area contributed by atoms with Crippen molar-refractivity contribution in [3.63, 3.8) is 0 Å². The van der Waals surface area contributed by atoms with Gasteiger partial charge in [0.1, 0.15) is 18.0 Å². The SMILES string of the molecule is O=C(NCCO)C1=CC(N(C(=O)Cc2ccccc2)C2CCCCC2)C(O)C2Oc3ccccc3C12. The number of aliphatic hydroxyl groups is 2. The quantitative estimate of drug-likeness (QED) is 0.554. The van der Waals surface area contributed by atoms with Crippen molar-refractivity contribution in [2.45, 2.75) is 68.7 Å². The van der Waals surface area contributed by atoms with Crippen LogP contribution in [0.1, 0.15) is 49.1 Å². The van der Waals surface area contributed by atoms with Crippen molar-refractivity contribution in [2.24, 2.45) is 0 Å². The van der Waals surface area contributed by atoms with Crippen molar-refractivity contribution in [3.8, 4) is 5.75 Å². The zero-order chi connectivity index (χ0) is 25.1. The average molecular weight is 491 g/mol. The number of carbonyl (C=O) groups excluding carboxylic acids is 2. The summed E-state index contributed by atoms with van der Waals surface area (Å²) in [5.74, 6) is -0.163. The van der Waals surface area contributed by atoms with Crippen LogP contribution in [0, 0.1) is 0 Å². The summed E-state index contributed by atoms with van der Waals surface area (Å²) in [5, 5.41) is 23.7. The molecule has 1 saturated carbocycles. The lowest BCUT2D eigenvalue weighted by molar-refractivity contribution is -0.140. The molecule has 1 aliphatic heterocycles. The van der Waals surface area contributed by atoms with Crippen molar-refractivity contribution in [1.82, 2.24) is 10.2 Å². The first-order valence-corrected chi connectivity index (χ1v) is 13.0. The fourth-order valence-corrected chi connectivity index (χ4v) is 6.00. The van der Waals surface area contributed by atoms with E-state index in [1.807, 2.05) is 59.5 Å². The van der Waals surface area contributed by atoms with Crippen LogP contribution < -0.4 is 10.1 Å². The molecule has 0 saturated heterocycles. The molecule has 4 atom stereocenters. The minimum absolute atomic E-state index is 0.00653. The van der Waals surface area contributed by atoms with E-state index in [9.17, 15) is 19.8 Å². The van der Waals surface area contributed by atoms with Gasteiger partial charge in [0.05, 0.1) is 25.0 Å². The van der Waals surface area contributed by atoms with E-state index in [2.05, 4.69) is 5.32 Å². The summed E-state index contributed by atoms with van der Waals surface area (Å²) >= 11 is 0. The molecule has 0 radical (unpaired) electrons. The number of nitrogens with zero attached hydrogens (tertiary/aromatic N) is 1. The standard InChI is InChI=1S/C29H34N2O5/c32-16-15-30-29(35)22-18-23(27(34)28-26(22)21-13-7-8-14-24(21)36-28)31(20-11-5-2-6-12-20)25(33)17-19-9-3-1-4-10-19/h1,3-4,7-10,13-14,18,20,23,26-28,32,34H,2,5-6,11-12,15-17H2,(H,30,35). The number of hydrogen-bond acceptors (Lipinski definition) is 5. The van der Waals surface area contributed by atoms with E-state index < -0.39 is 24.2 Å². The third-order valence-electron chi connectivity index (χ3n) is 7.65. The van der Waals surface area contributed by atoms with Crippen LogP contribution in [0.25, 0.3) is 0 Å². The van der Waals surface area contributed by atoms with Gasteiger partial charge in [0.2, 0.25) is 11.8 Å². The smallest absolute Gasteiger partial charge is 0.247 e. The maximum absolute atomic E-state index is 13.8. The Morgan fingerprint density at radius 3 is 2.47 bits per heavy atom. The Morgan fingerprint density at radius 1 is 1.00 bits per heavy atom. The lowest BCUT2D eigenvalue weighted by atomic mass is 9.76. The summed E-state index contributed by atoms with van der Waals surface area (Å²) in [6.45, 7) is -0.0431. The first-order valence-electron chi connectivity index (χ1n) is 13.0. The number of ether oxygens (including phenoxy) is 1. The molecule has 0 bridgehead atoms. The topological polar surface area (TPSA) is 99.1 Å². The predicted octanol–water partition coefficient (Wildman–Crippen LogP) is 2.71. The number of benzene rings is 2. The van der Waals surface area contributed by atoms with E-state index in [1.54, 1.807) is 6.08 Å². The van der Waals surface area contributed by atoms with Gasteiger partial charge in [-0.3, -0.25) is 9.59 Å². The highest BCUT2D eigenvalue weighted by molar-refractivity contribution is 5.96. The van der Waals surface area contributed by atoms with Gasteiger partial charge in [-0.05, 0) is 30.5 Å². The molecule has 1 heterocycles. The van der Waals surface area contributed by atoms with Crippen LogP contribution in [0.3, 0.4) is 0 Å². The van der Waals surface area contributed by atoms with E-state index in [1.165, 1.54) is 0 Å². The number of carbonyl (C=O) groups is 2. The summed E-state index contributed by atoms with van der Waals surface area (Å²) < 4.78 is 6.22. The minimum Gasteiger partial charge on any atom is -0.486 e. The Labute approximate surface area is 211 Å². The van der Waals surface area contributed by atoms with Gasteiger partial charge in [0, 0.05) is 23.7 Å². The molecule has 2 amide bonds. The number of fused-ring (bicyclic) bond motifs is 3. The minimum atomic E-state index is -0.988. The van der Waals surface area contributed by atoms with Crippen LogP contribution in [0.15, 0.2) is 66.2 Å². The number of hydrogen-bond donors (Lipinski definition) is 3. The molecular weight excluding hydrogens is 456 g/mol. The molecule has 5 rings (SSSR count). The maximum atomic E-state index is 13.8. The van der Waals surface area contributed by atoms with Gasteiger partial charge in [0.15, 0.2) is 0 Å². The third kappa shape index (κ3) is 4.77. The lowest BCUT2D eigenvalue weighted by Gasteiger charge is -2.45. The lowest BCUT2D eigenvalue weighted by Crippen LogP contribution is -2.59. The van der Waals surface area contributed by atoms with E-state index >= 15 is 0 Å². The molecule has 7 nitrogen and oxygen atoms in total. The van der Waals surface area contributed by atoms with Gasteiger partial charge in [-0.1, -0.05) is 67.8 Å². The van der Waals surface area contributed by atoms with Gasteiger partial charge in [-0.25, -0.2) is 0 Å². The van der Waals surface area contributed by atoms with Crippen molar-refractivity contribution in [2.75, 3.05) is 13.2 Å². The number of aliphatic hydroxyl groups excluding tert-OH is 2. The summed E-state index contributed by atoms with van der Waals surface area (Å²) in [5.41, 5.74) is 2.24. The highest BCUT2D eigenvalue weighted by Crippen LogP contribution is 2.47. The zero-order valence-corrected chi connectivity index (χ0v) is 20.4. The molecule has 190 valence electrons. The molecule has 0 aromatic heterocycles. The summed E-state index contributed by atoms with van der Waals surface area (Å²) in [6, 6.07) is 16.5. The fourth-order valence-electron chi connectivity index (χ4n) is 6.00. The van der Waals surface area contributed by atoms with E-state index in [4.69, 9.17) is 4.74 Å². The Morgan fingerprint density at radius 2 is 1.72 bits per heavy atom. The fraction of sp³-hybridized carbons (Fsp3) is 0.448. The van der Waals surface area contributed by atoms with E-state index in [0.717, 1.165) is 43.2 Å². The molecule has 3 aliphatic rings. The van der Waals surface area contributed by atoms with Crippen molar-refractivity contribution in [3.05, 3.63) is 77.4 Å². The largest absolute Gasteiger partial charge is 0.486 e. The van der Waals surface area contributed by atoms with Crippen LogP contribution >= 0.6 is 0 Å². The van der Waals surface area contributed by atoms with Crippen LogP contribution in [-0.2, 0) is 16.0 Å².